The summed E-state index contributed by atoms with van der Waals surface area (Å²) in [6, 6.07) is 61.4. The third-order valence-electron chi connectivity index (χ3n) is 11.8. The molecule has 0 saturated carbocycles. The highest BCUT2D eigenvalue weighted by Gasteiger charge is 2.19. The fourth-order valence-corrected chi connectivity index (χ4v) is 9.00. The van der Waals surface area contributed by atoms with E-state index >= 15 is 0 Å². The molecule has 10 aromatic carbocycles. The minimum atomic E-state index is -0.427. The number of rotatable bonds is 6. The van der Waals surface area contributed by atoms with Gasteiger partial charge in [0.2, 0.25) is 0 Å². The number of hydrogen-bond donors (Lipinski definition) is 0. The highest BCUT2D eigenvalue weighted by atomic mass is 15.0. The first-order chi connectivity index (χ1) is 32.7. The molecule has 0 aliphatic rings. The van der Waals surface area contributed by atoms with Crippen LogP contribution in [0.4, 0.5) is 0 Å². The van der Waals surface area contributed by atoms with Crippen molar-refractivity contribution >= 4 is 54.4 Å². The van der Waals surface area contributed by atoms with Gasteiger partial charge in [0.25, 0.3) is 0 Å². The van der Waals surface area contributed by atoms with E-state index in [0.717, 1.165) is 71.6 Å². The van der Waals surface area contributed by atoms with E-state index < -0.39 is 12.1 Å². The Hall–Kier alpha value is -7.94. The molecule has 2 aromatic heterocycles. The molecule has 2 heterocycles. The second-order valence-corrected chi connectivity index (χ2v) is 15.2. The van der Waals surface area contributed by atoms with Crippen LogP contribution in [0.25, 0.3) is 110 Å². The molecule has 0 unspecified atom stereocenters. The Morgan fingerprint density at radius 2 is 0.950 bits per heavy atom. The molecule has 0 saturated heterocycles. The monoisotopic (exact) mass is 769 g/mol. The van der Waals surface area contributed by atoms with Crippen molar-refractivity contribution in [1.82, 2.24) is 9.13 Å². The third-order valence-corrected chi connectivity index (χ3v) is 11.8. The van der Waals surface area contributed by atoms with Crippen LogP contribution in [0.3, 0.4) is 0 Å². The van der Waals surface area contributed by atoms with Crippen molar-refractivity contribution in [3.63, 3.8) is 0 Å². The summed E-state index contributed by atoms with van der Waals surface area (Å²) in [6.45, 7) is 0. The average Bonchev–Trinajstić information content (AvgIpc) is 3.92. The van der Waals surface area contributed by atoms with Gasteiger partial charge in [-0.05, 0) is 116 Å². The Bertz CT molecular complexity index is 3980. The van der Waals surface area contributed by atoms with Gasteiger partial charge >= 0.3 is 0 Å². The number of nitrogens with zero attached hydrogens (tertiary/aromatic N) is 2. The van der Waals surface area contributed by atoms with Crippen LogP contribution in [0.2, 0.25) is 0 Å². The maximum Gasteiger partial charge on any atom is 0.0645 e. The van der Waals surface area contributed by atoms with Crippen molar-refractivity contribution in [3.05, 3.63) is 230 Å². The van der Waals surface area contributed by atoms with Crippen LogP contribution in [0, 0.1) is 0 Å². The van der Waals surface area contributed by atoms with Gasteiger partial charge in [-0.15, -0.1) is 0 Å². The molecular formula is C58H38N2. The number of fused-ring (bicyclic) bond motifs is 7. The van der Waals surface area contributed by atoms with Crippen molar-refractivity contribution < 1.29 is 9.60 Å². The Morgan fingerprint density at radius 1 is 0.317 bits per heavy atom. The van der Waals surface area contributed by atoms with Crippen molar-refractivity contribution in [2.24, 2.45) is 0 Å². The lowest BCUT2D eigenvalue weighted by atomic mass is 9.97. The molecule has 0 spiro atoms. The van der Waals surface area contributed by atoms with Crippen molar-refractivity contribution in [2.75, 3.05) is 0 Å². The van der Waals surface area contributed by atoms with Crippen LogP contribution < -0.4 is 0 Å². The van der Waals surface area contributed by atoms with E-state index in [0.29, 0.717) is 11.3 Å². The van der Waals surface area contributed by atoms with Crippen LogP contribution in [-0.2, 0) is 0 Å². The van der Waals surface area contributed by atoms with Gasteiger partial charge < -0.3 is 9.13 Å². The zero-order valence-electron chi connectivity index (χ0n) is 39.3. The third kappa shape index (κ3) is 5.50. The Kier molecular flexibility index (Phi) is 6.39. The predicted molar refractivity (Wildman–Crippen MR) is 254 cm³/mol. The van der Waals surface area contributed by atoms with Crippen LogP contribution >= 0.6 is 0 Å². The minimum Gasteiger partial charge on any atom is -0.309 e. The molecule has 0 amide bonds. The highest BCUT2D eigenvalue weighted by Crippen LogP contribution is 2.42. The molecule has 0 fully saturated rings. The number of benzene rings is 10. The van der Waals surface area contributed by atoms with Crippen LogP contribution in [0.1, 0.15) is 9.60 Å². The molecule has 12 rings (SSSR count). The lowest BCUT2D eigenvalue weighted by Gasteiger charge is -2.11. The minimum absolute atomic E-state index is 0.0842. The molecule has 0 aliphatic carbocycles. The van der Waals surface area contributed by atoms with Gasteiger partial charge in [0.1, 0.15) is 0 Å². The quantitative estimate of drug-likeness (QED) is 0.159. The summed E-state index contributed by atoms with van der Waals surface area (Å²) in [5.74, 6) is 0. The molecule has 0 bridgehead atoms. The Balaban J connectivity index is 1.11. The van der Waals surface area contributed by atoms with Gasteiger partial charge in [-0.3, -0.25) is 0 Å². The smallest absolute Gasteiger partial charge is 0.0645 e. The topological polar surface area (TPSA) is 9.86 Å². The molecule has 60 heavy (non-hydrogen) atoms. The maximum atomic E-state index is 10.0. The van der Waals surface area contributed by atoms with Crippen LogP contribution in [0.5, 0.6) is 0 Å². The Labute approximate surface area is 358 Å². The van der Waals surface area contributed by atoms with E-state index in [2.05, 4.69) is 95.6 Å². The summed E-state index contributed by atoms with van der Waals surface area (Å²) in [5.41, 5.74) is 10.8. The van der Waals surface area contributed by atoms with Gasteiger partial charge in [-0.2, -0.15) is 0 Å². The maximum absolute atomic E-state index is 10.0. The fourth-order valence-electron chi connectivity index (χ4n) is 9.00. The first-order valence-electron chi connectivity index (χ1n) is 23.6. The lowest BCUT2D eigenvalue weighted by molar-refractivity contribution is 1.18. The van der Waals surface area contributed by atoms with Gasteiger partial charge in [0, 0.05) is 32.9 Å². The van der Waals surface area contributed by atoms with E-state index in [-0.39, 0.29) is 57.6 Å². The second kappa shape index (κ2) is 13.9. The van der Waals surface area contributed by atoms with Crippen LogP contribution in [0.15, 0.2) is 230 Å². The molecule has 12 aromatic rings. The lowest BCUT2D eigenvalue weighted by Crippen LogP contribution is -1.94. The van der Waals surface area contributed by atoms with E-state index in [9.17, 15) is 6.85 Å². The zero-order chi connectivity index (χ0) is 45.7. The zero-order valence-corrected chi connectivity index (χ0v) is 32.3. The molecule has 2 nitrogen and oxygen atoms in total. The molecule has 0 atom stereocenters. The highest BCUT2D eigenvalue weighted by molar-refractivity contribution is 6.17. The summed E-state index contributed by atoms with van der Waals surface area (Å²) in [4.78, 5) is 0. The average molecular weight is 770 g/mol. The van der Waals surface area contributed by atoms with E-state index in [1.54, 1.807) is 4.57 Å². The second-order valence-electron chi connectivity index (χ2n) is 15.2. The molecule has 0 aliphatic heterocycles. The molecular weight excluding hydrogens is 725 g/mol. The van der Waals surface area contributed by atoms with Gasteiger partial charge in [0.05, 0.1) is 31.7 Å². The molecule has 0 N–H and O–H groups in total. The normalized spacial score (nSPS) is 13.3. The Morgan fingerprint density at radius 3 is 1.82 bits per heavy atom. The first-order valence-corrected chi connectivity index (χ1v) is 20.1. The van der Waals surface area contributed by atoms with Crippen molar-refractivity contribution in [2.45, 2.75) is 0 Å². The first kappa shape index (κ1) is 27.7. The summed E-state index contributed by atoms with van der Waals surface area (Å²) < 4.78 is 69.4. The SMILES string of the molecule is [2H]c1c([2H])c([2H])c2c(c1[2H])c1c([2H])c(-c3ccc4c(c3)c3c(-c5ccccc5)cccc3n4-c3cccc(-c4ccccc4)c3)c([2H])c([2H])c1n2-c1ccc(-c2cccc3ccccc23)cc1. The predicted octanol–water partition coefficient (Wildman–Crippen LogP) is 15.7. The standard InChI is InChI=1S/C58H38N2/c1-3-14-39(15-4-1)43-20-11-21-47(36-43)60-56-35-31-45(38-53(56)58-50(25-13-27-57(58)60)41-16-5-2-6-17-41)44-30-34-55-52(37-44)51-23-9-10-26-54(51)59(55)46-32-28-42(29-33-46)49-24-12-19-40-18-7-8-22-48(40)49/h1-38H/i9D,10D,23D,26D,30D,34D,37D. The van der Waals surface area contributed by atoms with E-state index in [1.165, 1.54) is 0 Å². The number of aromatic nitrogens is 2. The van der Waals surface area contributed by atoms with E-state index in [1.807, 2.05) is 97.1 Å². The van der Waals surface area contributed by atoms with Crippen molar-refractivity contribution in [1.29, 1.82) is 0 Å². The van der Waals surface area contributed by atoms with Gasteiger partial charge in [-0.25, -0.2) is 0 Å². The largest absolute Gasteiger partial charge is 0.309 e. The summed E-state index contributed by atoms with van der Waals surface area (Å²) in [7, 11) is 0. The molecule has 280 valence electrons. The number of hydrogen-bond acceptors (Lipinski definition) is 0. The van der Waals surface area contributed by atoms with Gasteiger partial charge in [0.15, 0.2) is 0 Å². The van der Waals surface area contributed by atoms with Crippen LogP contribution in [-0.4, -0.2) is 9.13 Å². The summed E-state index contributed by atoms with van der Waals surface area (Å²) >= 11 is 0. The van der Waals surface area contributed by atoms with Crippen molar-refractivity contribution in [3.8, 4) is 55.9 Å². The van der Waals surface area contributed by atoms with Gasteiger partial charge in [-0.1, -0.05) is 170 Å². The van der Waals surface area contributed by atoms with E-state index in [4.69, 9.17) is 2.74 Å². The number of para-hydroxylation sites is 1. The molecule has 0 radical (unpaired) electrons. The molecule has 2 heteroatoms. The summed E-state index contributed by atoms with van der Waals surface area (Å²) in [6.07, 6.45) is 0. The fraction of sp³-hybridized carbons (Fsp3) is 0. The summed E-state index contributed by atoms with van der Waals surface area (Å²) in [5, 5.41) is 4.44.